The highest BCUT2D eigenvalue weighted by molar-refractivity contribution is 6.32. The predicted octanol–water partition coefficient (Wildman–Crippen LogP) is 5.75. The molecule has 1 aliphatic rings. The summed E-state index contributed by atoms with van der Waals surface area (Å²) in [6, 6.07) is 9.62. The fraction of sp³-hybridized carbons (Fsp3) is 0.375. The van der Waals surface area contributed by atoms with Crippen molar-refractivity contribution in [2.45, 2.75) is 45.6 Å². The fourth-order valence-corrected chi connectivity index (χ4v) is 4.46. The van der Waals surface area contributed by atoms with Crippen molar-refractivity contribution in [1.82, 2.24) is 14.9 Å². The summed E-state index contributed by atoms with van der Waals surface area (Å²) in [5.74, 6) is 0.600. The third-order valence-electron chi connectivity index (χ3n) is 5.88. The van der Waals surface area contributed by atoms with Crippen LogP contribution in [0.4, 0.5) is 11.4 Å². The number of anilines is 2. The number of likely N-dealkylation sites (tertiary alicyclic amines) is 1. The molecule has 1 aliphatic heterocycles. The van der Waals surface area contributed by atoms with Crippen LogP contribution in [0, 0.1) is 6.92 Å². The SMILES string of the molecule is CC[C@H]1CCCCN1C(=O)c1cnc2nc(C)ccc2c1Nc1ccc(OC)c(Cl)c1. The Morgan fingerprint density at radius 3 is 2.87 bits per heavy atom. The molecule has 31 heavy (non-hydrogen) atoms. The second kappa shape index (κ2) is 9.10. The maximum absolute atomic E-state index is 13.6. The number of amides is 1. The van der Waals surface area contributed by atoms with Crippen molar-refractivity contribution >= 4 is 39.9 Å². The number of ether oxygens (including phenoxy) is 1. The van der Waals surface area contributed by atoms with Gasteiger partial charge in [0, 0.05) is 35.6 Å². The molecular weight excluding hydrogens is 412 g/mol. The van der Waals surface area contributed by atoms with Crippen molar-refractivity contribution in [3.05, 3.63) is 52.8 Å². The van der Waals surface area contributed by atoms with Gasteiger partial charge in [0.2, 0.25) is 0 Å². The van der Waals surface area contributed by atoms with Gasteiger partial charge in [-0.15, -0.1) is 0 Å². The maximum Gasteiger partial charge on any atom is 0.257 e. The second-order valence-corrected chi connectivity index (χ2v) is 8.31. The van der Waals surface area contributed by atoms with Crippen LogP contribution < -0.4 is 10.1 Å². The van der Waals surface area contributed by atoms with Crippen molar-refractivity contribution in [3.8, 4) is 5.75 Å². The van der Waals surface area contributed by atoms with E-state index in [1.807, 2.05) is 30.0 Å². The number of fused-ring (bicyclic) bond motifs is 1. The largest absolute Gasteiger partial charge is 0.495 e. The van der Waals surface area contributed by atoms with Gasteiger partial charge in [-0.3, -0.25) is 4.79 Å². The number of piperidine rings is 1. The van der Waals surface area contributed by atoms with E-state index in [-0.39, 0.29) is 11.9 Å². The molecule has 6 nitrogen and oxygen atoms in total. The van der Waals surface area contributed by atoms with Crippen LogP contribution in [0.1, 0.15) is 48.7 Å². The lowest BCUT2D eigenvalue weighted by molar-refractivity contribution is 0.0609. The van der Waals surface area contributed by atoms with Crippen molar-refractivity contribution in [3.63, 3.8) is 0 Å². The molecule has 0 saturated carbocycles. The minimum Gasteiger partial charge on any atom is -0.495 e. The number of rotatable bonds is 5. The monoisotopic (exact) mass is 438 g/mol. The van der Waals surface area contributed by atoms with Gasteiger partial charge in [-0.05, 0) is 62.9 Å². The van der Waals surface area contributed by atoms with Crippen LogP contribution in [0.2, 0.25) is 5.02 Å². The second-order valence-electron chi connectivity index (χ2n) is 7.90. The van der Waals surface area contributed by atoms with Gasteiger partial charge in [-0.25, -0.2) is 9.97 Å². The maximum atomic E-state index is 13.6. The van der Waals surface area contributed by atoms with Crippen LogP contribution in [0.15, 0.2) is 36.5 Å². The molecule has 1 fully saturated rings. The first kappa shape index (κ1) is 21.4. The molecule has 0 aliphatic carbocycles. The summed E-state index contributed by atoms with van der Waals surface area (Å²) >= 11 is 6.33. The lowest BCUT2D eigenvalue weighted by atomic mass is 9.98. The van der Waals surface area contributed by atoms with Crippen molar-refractivity contribution in [1.29, 1.82) is 0 Å². The summed E-state index contributed by atoms with van der Waals surface area (Å²) in [6.07, 6.45) is 5.83. The highest BCUT2D eigenvalue weighted by atomic mass is 35.5. The number of aromatic nitrogens is 2. The molecule has 1 saturated heterocycles. The van der Waals surface area contributed by atoms with Crippen LogP contribution in [0.25, 0.3) is 11.0 Å². The number of hydrogen-bond acceptors (Lipinski definition) is 5. The molecular formula is C24H27ClN4O2. The first-order valence-electron chi connectivity index (χ1n) is 10.7. The highest BCUT2D eigenvalue weighted by Crippen LogP contribution is 2.34. The Hall–Kier alpha value is -2.86. The normalized spacial score (nSPS) is 16.4. The number of hydrogen-bond donors (Lipinski definition) is 1. The standard InChI is InChI=1S/C24H27ClN4O2/c1-4-17-7-5-6-12-29(17)24(30)19-14-26-23-18(10-8-15(2)27-23)22(19)28-16-9-11-21(31-3)20(25)13-16/h8-11,13-14,17H,4-7,12H2,1-3H3,(H,26,27,28)/t17-/m0/s1. The molecule has 1 atom stereocenters. The van der Waals surface area contributed by atoms with Gasteiger partial charge in [0.25, 0.3) is 5.91 Å². The van der Waals surface area contributed by atoms with Crippen LogP contribution >= 0.6 is 11.6 Å². The topological polar surface area (TPSA) is 67.4 Å². The molecule has 1 N–H and O–H groups in total. The first-order valence-corrected chi connectivity index (χ1v) is 11.1. The Morgan fingerprint density at radius 2 is 2.13 bits per heavy atom. The molecule has 0 spiro atoms. The van der Waals surface area contributed by atoms with Crippen molar-refractivity contribution in [2.75, 3.05) is 19.0 Å². The van der Waals surface area contributed by atoms with E-state index in [1.165, 1.54) is 0 Å². The zero-order valence-corrected chi connectivity index (χ0v) is 18.9. The predicted molar refractivity (Wildman–Crippen MR) is 125 cm³/mol. The van der Waals surface area contributed by atoms with Gasteiger partial charge in [-0.1, -0.05) is 18.5 Å². The van der Waals surface area contributed by atoms with Gasteiger partial charge in [0.1, 0.15) is 5.75 Å². The number of nitrogens with one attached hydrogen (secondary N) is 1. The fourth-order valence-electron chi connectivity index (χ4n) is 4.20. The first-order chi connectivity index (χ1) is 15.0. The van der Waals surface area contributed by atoms with Crippen LogP contribution in [-0.4, -0.2) is 40.5 Å². The zero-order chi connectivity index (χ0) is 22.0. The number of aryl methyl sites for hydroxylation is 1. The van der Waals surface area contributed by atoms with E-state index in [9.17, 15) is 4.79 Å². The minimum absolute atomic E-state index is 0.00336. The van der Waals surface area contributed by atoms with Crippen molar-refractivity contribution < 1.29 is 9.53 Å². The van der Waals surface area contributed by atoms with E-state index < -0.39 is 0 Å². The molecule has 4 rings (SSSR count). The average Bonchev–Trinajstić information content (AvgIpc) is 2.78. The average molecular weight is 439 g/mol. The number of pyridine rings is 2. The Labute approximate surface area is 187 Å². The summed E-state index contributed by atoms with van der Waals surface area (Å²) in [4.78, 5) is 24.7. The lowest BCUT2D eigenvalue weighted by Gasteiger charge is -2.35. The third-order valence-corrected chi connectivity index (χ3v) is 6.18. The molecule has 1 amide bonds. The number of methoxy groups -OCH3 is 1. The zero-order valence-electron chi connectivity index (χ0n) is 18.1. The Balaban J connectivity index is 1.80. The third kappa shape index (κ3) is 4.30. The summed E-state index contributed by atoms with van der Waals surface area (Å²) in [5.41, 5.74) is 3.48. The molecule has 1 aromatic carbocycles. The van der Waals surface area contributed by atoms with E-state index in [0.29, 0.717) is 27.7 Å². The molecule has 3 heterocycles. The van der Waals surface area contributed by atoms with Gasteiger partial charge < -0.3 is 15.0 Å². The molecule has 0 unspecified atom stereocenters. The summed E-state index contributed by atoms with van der Waals surface area (Å²) in [7, 11) is 1.58. The number of halogens is 1. The van der Waals surface area contributed by atoms with Crippen molar-refractivity contribution in [2.24, 2.45) is 0 Å². The lowest BCUT2D eigenvalue weighted by Crippen LogP contribution is -2.43. The van der Waals surface area contributed by atoms with Gasteiger partial charge in [-0.2, -0.15) is 0 Å². The number of carbonyl (C=O) groups is 1. The molecule has 0 radical (unpaired) electrons. The molecule has 7 heteroatoms. The molecule has 0 bridgehead atoms. The molecule has 3 aromatic rings. The number of benzene rings is 1. The Kier molecular flexibility index (Phi) is 6.28. The molecule has 2 aromatic heterocycles. The number of nitrogens with zero attached hydrogens (tertiary/aromatic N) is 3. The van der Waals surface area contributed by atoms with Gasteiger partial charge in [0.15, 0.2) is 5.65 Å². The van der Waals surface area contributed by atoms with E-state index in [4.69, 9.17) is 16.3 Å². The van der Waals surface area contributed by atoms with Crippen LogP contribution in [-0.2, 0) is 0 Å². The van der Waals surface area contributed by atoms with E-state index in [2.05, 4.69) is 22.2 Å². The number of carbonyl (C=O) groups excluding carboxylic acids is 1. The van der Waals surface area contributed by atoms with E-state index >= 15 is 0 Å². The van der Waals surface area contributed by atoms with Crippen LogP contribution in [0.5, 0.6) is 5.75 Å². The Morgan fingerprint density at radius 1 is 1.29 bits per heavy atom. The quantitative estimate of drug-likeness (QED) is 0.549. The Bertz CT molecular complexity index is 1120. The summed E-state index contributed by atoms with van der Waals surface area (Å²) < 4.78 is 5.26. The molecule has 162 valence electrons. The van der Waals surface area contributed by atoms with Crippen LogP contribution in [0.3, 0.4) is 0 Å². The summed E-state index contributed by atoms with van der Waals surface area (Å²) in [5, 5.41) is 4.71. The highest BCUT2D eigenvalue weighted by Gasteiger charge is 2.29. The smallest absolute Gasteiger partial charge is 0.257 e. The minimum atomic E-state index is 0.00336. The van der Waals surface area contributed by atoms with E-state index in [0.717, 1.165) is 49.0 Å². The van der Waals surface area contributed by atoms with Gasteiger partial charge in [0.05, 0.1) is 23.4 Å². The van der Waals surface area contributed by atoms with Gasteiger partial charge >= 0.3 is 0 Å². The van der Waals surface area contributed by atoms with E-state index in [1.54, 1.807) is 25.4 Å². The summed E-state index contributed by atoms with van der Waals surface area (Å²) in [6.45, 7) is 4.84.